The summed E-state index contributed by atoms with van der Waals surface area (Å²) in [7, 11) is 3.20. The molecule has 0 saturated carbocycles. The molecule has 0 unspecified atom stereocenters. The Kier molecular flexibility index (Phi) is 4.63. The lowest BCUT2D eigenvalue weighted by molar-refractivity contribution is 0.194. The van der Waals surface area contributed by atoms with Crippen LogP contribution in [0.5, 0.6) is 11.5 Å². The molecule has 0 atom stereocenters. The third-order valence-electron chi connectivity index (χ3n) is 2.53. The smallest absolute Gasteiger partial charge is 0.404 e. The Morgan fingerprint density at radius 1 is 1.35 bits per heavy atom. The van der Waals surface area contributed by atoms with E-state index in [-0.39, 0.29) is 0 Å². The molecule has 5 heteroatoms. The van der Waals surface area contributed by atoms with Crippen LogP contribution in [0.15, 0.2) is 12.1 Å². The zero-order valence-electron chi connectivity index (χ0n) is 10.2. The molecular weight excluding hydrogens is 222 g/mol. The lowest BCUT2D eigenvalue weighted by Crippen LogP contribution is -2.23. The van der Waals surface area contributed by atoms with Gasteiger partial charge in [-0.25, -0.2) is 4.79 Å². The van der Waals surface area contributed by atoms with Crippen LogP contribution in [-0.4, -0.2) is 32.0 Å². The number of carboxylic acid groups (broad SMARTS) is 1. The Hall–Kier alpha value is -1.91. The highest BCUT2D eigenvalue weighted by Crippen LogP contribution is 2.31. The van der Waals surface area contributed by atoms with Crippen LogP contribution in [0.25, 0.3) is 0 Å². The minimum absolute atomic E-state index is 0.359. The highest BCUT2D eigenvalue weighted by Gasteiger charge is 2.10. The quantitative estimate of drug-likeness (QED) is 0.822. The average molecular weight is 239 g/mol. The summed E-state index contributed by atoms with van der Waals surface area (Å²) in [5.74, 6) is 1.51. The van der Waals surface area contributed by atoms with Gasteiger partial charge in [-0.05, 0) is 25.0 Å². The van der Waals surface area contributed by atoms with Crippen molar-refractivity contribution >= 4 is 6.09 Å². The first kappa shape index (κ1) is 13.2. The maximum absolute atomic E-state index is 10.3. The van der Waals surface area contributed by atoms with E-state index in [0.29, 0.717) is 13.0 Å². The SMILES string of the molecule is COc1ccc(CCNC(=O)O)c(OC)c1C. The summed E-state index contributed by atoms with van der Waals surface area (Å²) in [6.07, 6.45) is -0.436. The number of carbonyl (C=O) groups is 1. The maximum Gasteiger partial charge on any atom is 0.404 e. The molecule has 0 fully saturated rings. The molecule has 17 heavy (non-hydrogen) atoms. The molecule has 0 bridgehead atoms. The molecule has 1 aromatic carbocycles. The first-order chi connectivity index (χ1) is 8.10. The van der Waals surface area contributed by atoms with Crippen molar-refractivity contribution in [2.75, 3.05) is 20.8 Å². The van der Waals surface area contributed by atoms with Gasteiger partial charge >= 0.3 is 6.09 Å². The second-order valence-corrected chi connectivity index (χ2v) is 3.57. The van der Waals surface area contributed by atoms with E-state index in [9.17, 15) is 4.79 Å². The van der Waals surface area contributed by atoms with Crippen LogP contribution in [0, 0.1) is 6.92 Å². The molecular formula is C12H17NO4. The first-order valence-electron chi connectivity index (χ1n) is 5.27. The van der Waals surface area contributed by atoms with Gasteiger partial charge in [0.25, 0.3) is 0 Å². The van der Waals surface area contributed by atoms with Crippen molar-refractivity contribution in [3.05, 3.63) is 23.3 Å². The Balaban J connectivity index is 2.85. The van der Waals surface area contributed by atoms with Crippen LogP contribution in [-0.2, 0) is 6.42 Å². The summed E-state index contributed by atoms with van der Waals surface area (Å²) in [5, 5.41) is 10.8. The minimum atomic E-state index is -1.02. The van der Waals surface area contributed by atoms with Gasteiger partial charge in [0.1, 0.15) is 11.5 Å². The summed E-state index contributed by atoms with van der Waals surface area (Å²) in [5.41, 5.74) is 1.88. The first-order valence-corrected chi connectivity index (χ1v) is 5.27. The normalized spacial score (nSPS) is 9.82. The van der Waals surface area contributed by atoms with Crippen LogP contribution in [0.4, 0.5) is 4.79 Å². The third kappa shape index (κ3) is 3.27. The minimum Gasteiger partial charge on any atom is -0.496 e. The number of hydrogen-bond acceptors (Lipinski definition) is 3. The van der Waals surface area contributed by atoms with E-state index in [1.807, 2.05) is 19.1 Å². The van der Waals surface area contributed by atoms with Gasteiger partial charge in [0, 0.05) is 12.1 Å². The van der Waals surface area contributed by atoms with Crippen molar-refractivity contribution in [2.24, 2.45) is 0 Å². The van der Waals surface area contributed by atoms with Gasteiger partial charge in [0.2, 0.25) is 0 Å². The number of rotatable bonds is 5. The van der Waals surface area contributed by atoms with Crippen LogP contribution in [0.3, 0.4) is 0 Å². The lowest BCUT2D eigenvalue weighted by atomic mass is 10.1. The lowest BCUT2D eigenvalue weighted by Gasteiger charge is -2.14. The zero-order chi connectivity index (χ0) is 12.8. The summed E-state index contributed by atoms with van der Waals surface area (Å²) < 4.78 is 10.5. The van der Waals surface area contributed by atoms with E-state index in [2.05, 4.69) is 5.32 Å². The van der Waals surface area contributed by atoms with Crippen molar-refractivity contribution in [1.82, 2.24) is 5.32 Å². The van der Waals surface area contributed by atoms with E-state index < -0.39 is 6.09 Å². The van der Waals surface area contributed by atoms with E-state index in [0.717, 1.165) is 22.6 Å². The highest BCUT2D eigenvalue weighted by atomic mass is 16.5. The van der Waals surface area contributed by atoms with Crippen molar-refractivity contribution in [3.8, 4) is 11.5 Å². The molecule has 0 radical (unpaired) electrons. The predicted octanol–water partition coefficient (Wildman–Crippen LogP) is 1.82. The third-order valence-corrected chi connectivity index (χ3v) is 2.53. The van der Waals surface area contributed by atoms with E-state index >= 15 is 0 Å². The molecule has 5 nitrogen and oxygen atoms in total. The highest BCUT2D eigenvalue weighted by molar-refractivity contribution is 5.64. The Labute approximate surface area is 100 Å². The fraction of sp³-hybridized carbons (Fsp3) is 0.417. The van der Waals surface area contributed by atoms with Crippen LogP contribution in [0.1, 0.15) is 11.1 Å². The molecule has 0 spiro atoms. The fourth-order valence-electron chi connectivity index (χ4n) is 1.74. The fourth-order valence-corrected chi connectivity index (χ4v) is 1.74. The van der Waals surface area contributed by atoms with Crippen molar-refractivity contribution in [2.45, 2.75) is 13.3 Å². The second-order valence-electron chi connectivity index (χ2n) is 3.57. The average Bonchev–Trinajstić information content (AvgIpc) is 2.29. The second kappa shape index (κ2) is 5.98. The van der Waals surface area contributed by atoms with Crippen molar-refractivity contribution < 1.29 is 19.4 Å². The van der Waals surface area contributed by atoms with E-state index in [1.165, 1.54) is 0 Å². The molecule has 0 aliphatic heterocycles. The summed E-state index contributed by atoms with van der Waals surface area (Å²) in [4.78, 5) is 10.3. The number of ether oxygens (including phenoxy) is 2. The predicted molar refractivity (Wildman–Crippen MR) is 64.0 cm³/mol. The molecule has 1 aromatic rings. The van der Waals surface area contributed by atoms with Crippen LogP contribution >= 0.6 is 0 Å². The van der Waals surface area contributed by atoms with Crippen molar-refractivity contribution in [3.63, 3.8) is 0 Å². The molecule has 94 valence electrons. The van der Waals surface area contributed by atoms with E-state index in [1.54, 1.807) is 14.2 Å². The van der Waals surface area contributed by atoms with E-state index in [4.69, 9.17) is 14.6 Å². The number of methoxy groups -OCH3 is 2. The zero-order valence-corrected chi connectivity index (χ0v) is 10.2. The maximum atomic E-state index is 10.3. The standard InChI is InChI=1S/C12H17NO4/c1-8-10(16-2)5-4-9(11(8)17-3)6-7-13-12(14)15/h4-5,13H,6-7H2,1-3H3,(H,14,15). The van der Waals surface area contributed by atoms with Crippen LogP contribution in [0.2, 0.25) is 0 Å². The van der Waals surface area contributed by atoms with Gasteiger partial charge in [-0.3, -0.25) is 0 Å². The molecule has 0 heterocycles. The Morgan fingerprint density at radius 3 is 2.59 bits per heavy atom. The Morgan fingerprint density at radius 2 is 2.06 bits per heavy atom. The summed E-state index contributed by atoms with van der Waals surface area (Å²) in [6, 6.07) is 3.74. The van der Waals surface area contributed by atoms with Gasteiger partial charge in [0.05, 0.1) is 14.2 Å². The Bertz CT molecular complexity index is 404. The molecule has 2 N–H and O–H groups in total. The molecule has 0 aromatic heterocycles. The van der Waals surface area contributed by atoms with Gasteiger partial charge in [-0.1, -0.05) is 6.07 Å². The van der Waals surface area contributed by atoms with Gasteiger partial charge < -0.3 is 19.9 Å². The number of hydrogen-bond donors (Lipinski definition) is 2. The number of nitrogens with one attached hydrogen (secondary N) is 1. The molecule has 0 aliphatic rings. The largest absolute Gasteiger partial charge is 0.496 e. The van der Waals surface area contributed by atoms with Crippen LogP contribution < -0.4 is 14.8 Å². The summed E-state index contributed by atoms with van der Waals surface area (Å²) >= 11 is 0. The van der Waals surface area contributed by atoms with Gasteiger partial charge in [-0.15, -0.1) is 0 Å². The molecule has 1 rings (SSSR count). The molecule has 0 saturated heterocycles. The number of benzene rings is 1. The molecule has 0 aliphatic carbocycles. The topological polar surface area (TPSA) is 67.8 Å². The molecule has 1 amide bonds. The van der Waals surface area contributed by atoms with Gasteiger partial charge in [-0.2, -0.15) is 0 Å². The summed E-state index contributed by atoms with van der Waals surface area (Å²) in [6.45, 7) is 2.27. The monoisotopic (exact) mass is 239 g/mol. The number of amides is 1. The van der Waals surface area contributed by atoms with Gasteiger partial charge in [0.15, 0.2) is 0 Å². The van der Waals surface area contributed by atoms with Crippen molar-refractivity contribution in [1.29, 1.82) is 0 Å².